The average molecular weight is 323 g/mol. The van der Waals surface area contributed by atoms with Gasteiger partial charge in [0.05, 0.1) is 44.4 Å². The minimum atomic E-state index is -0.767. The first kappa shape index (κ1) is 17.8. The van der Waals surface area contributed by atoms with Gasteiger partial charge in [-0.1, -0.05) is 11.6 Å². The maximum absolute atomic E-state index is 13.8. The van der Waals surface area contributed by atoms with E-state index >= 15 is 0 Å². The van der Waals surface area contributed by atoms with Crippen molar-refractivity contribution >= 4 is 23.0 Å². The summed E-state index contributed by atoms with van der Waals surface area (Å²) in [5.41, 5.74) is 11.3. The normalized spacial score (nSPS) is 10.8. The van der Waals surface area contributed by atoms with Gasteiger partial charge in [-0.3, -0.25) is 0 Å². The van der Waals surface area contributed by atoms with E-state index in [1.807, 2.05) is 0 Å². The molecule has 0 radical (unpaired) electrons. The summed E-state index contributed by atoms with van der Waals surface area (Å²) in [6.07, 6.45) is 0. The Morgan fingerprint density at radius 1 is 1.00 bits per heavy atom. The van der Waals surface area contributed by atoms with Crippen LogP contribution in [0.15, 0.2) is 6.07 Å². The topological polar surface area (TPSA) is 89.0 Å². The van der Waals surface area contributed by atoms with Gasteiger partial charge in [0, 0.05) is 7.11 Å². The van der Waals surface area contributed by atoms with Gasteiger partial charge in [-0.05, 0) is 6.07 Å². The van der Waals surface area contributed by atoms with Gasteiger partial charge in [-0.2, -0.15) is 0 Å². The van der Waals surface area contributed by atoms with Crippen molar-refractivity contribution in [3.8, 4) is 5.75 Å². The molecule has 0 bridgehead atoms. The summed E-state index contributed by atoms with van der Waals surface area (Å²) >= 11 is 5.68. The summed E-state index contributed by atoms with van der Waals surface area (Å²) in [6, 6.07) is 1.35. The van der Waals surface area contributed by atoms with E-state index in [2.05, 4.69) is 0 Å². The number of halogens is 2. The van der Waals surface area contributed by atoms with E-state index in [4.69, 9.17) is 42.0 Å². The Morgan fingerprint density at radius 2 is 1.57 bits per heavy atom. The lowest BCUT2D eigenvalue weighted by Crippen LogP contribution is -2.13. The number of methoxy groups -OCH3 is 1. The third kappa shape index (κ3) is 5.92. The highest BCUT2D eigenvalue weighted by Gasteiger charge is 2.15. The molecule has 21 heavy (non-hydrogen) atoms. The Bertz CT molecular complexity index is 449. The fraction of sp³-hybridized carbons (Fsp3) is 0.538. The summed E-state index contributed by atoms with van der Waals surface area (Å²) in [5.74, 6) is -0.883. The molecule has 0 atom stereocenters. The second-order valence-electron chi connectivity index (χ2n) is 4.08. The van der Waals surface area contributed by atoms with E-state index in [1.54, 1.807) is 7.11 Å². The average Bonchev–Trinajstić information content (AvgIpc) is 2.46. The van der Waals surface area contributed by atoms with Gasteiger partial charge in [0.1, 0.15) is 11.6 Å². The highest BCUT2D eigenvalue weighted by molar-refractivity contribution is 6.33. The number of nitrogens with two attached hydrogens (primary N) is 2. The third-order valence-corrected chi connectivity index (χ3v) is 2.88. The number of anilines is 2. The second-order valence-corrected chi connectivity index (χ2v) is 4.46. The standard InChI is InChI=1S/C13H20ClFN2O4/c1-18-2-3-19-4-5-20-6-7-21-13-10(17)8-9(16)11(14)12(13)15/h8H,2-7,16-17H2,1H3. The van der Waals surface area contributed by atoms with Crippen LogP contribution in [-0.4, -0.2) is 46.8 Å². The summed E-state index contributed by atoms with van der Waals surface area (Å²) in [6.45, 7) is 2.33. The van der Waals surface area contributed by atoms with Crippen LogP contribution < -0.4 is 16.2 Å². The molecule has 0 unspecified atom stereocenters. The van der Waals surface area contributed by atoms with Crippen LogP contribution in [0.2, 0.25) is 5.02 Å². The van der Waals surface area contributed by atoms with Gasteiger partial charge in [0.2, 0.25) is 0 Å². The molecule has 1 aromatic carbocycles. The van der Waals surface area contributed by atoms with Crippen molar-refractivity contribution in [3.63, 3.8) is 0 Å². The first-order valence-corrected chi connectivity index (χ1v) is 6.76. The summed E-state index contributed by atoms with van der Waals surface area (Å²) in [7, 11) is 1.60. The molecule has 0 spiro atoms. The van der Waals surface area contributed by atoms with Crippen molar-refractivity contribution in [2.75, 3.05) is 58.2 Å². The third-order valence-electron chi connectivity index (χ3n) is 2.50. The monoisotopic (exact) mass is 322 g/mol. The largest absolute Gasteiger partial charge is 0.486 e. The van der Waals surface area contributed by atoms with Crippen LogP contribution in [0.4, 0.5) is 15.8 Å². The van der Waals surface area contributed by atoms with Crippen molar-refractivity contribution in [2.45, 2.75) is 0 Å². The SMILES string of the molecule is COCCOCCOCCOc1c(N)cc(N)c(Cl)c1F. The molecule has 0 heterocycles. The zero-order valence-corrected chi connectivity index (χ0v) is 12.6. The van der Waals surface area contributed by atoms with E-state index in [1.165, 1.54) is 6.07 Å². The fourth-order valence-corrected chi connectivity index (χ4v) is 1.60. The number of nitrogen functional groups attached to an aromatic ring is 2. The highest BCUT2D eigenvalue weighted by Crippen LogP contribution is 2.35. The molecule has 6 nitrogen and oxygen atoms in total. The van der Waals surface area contributed by atoms with Crippen LogP contribution in [0.25, 0.3) is 0 Å². The maximum Gasteiger partial charge on any atom is 0.187 e. The smallest absolute Gasteiger partial charge is 0.187 e. The van der Waals surface area contributed by atoms with Crippen LogP contribution in [0, 0.1) is 5.82 Å². The molecule has 0 fully saturated rings. The Labute approximate surface area is 128 Å². The summed E-state index contributed by atoms with van der Waals surface area (Å²) in [5, 5.41) is -0.202. The van der Waals surface area contributed by atoms with E-state index in [0.717, 1.165) is 0 Å². The molecule has 0 saturated carbocycles. The lowest BCUT2D eigenvalue weighted by atomic mass is 10.2. The second kappa shape index (κ2) is 9.62. The molecule has 0 aromatic heterocycles. The van der Waals surface area contributed by atoms with E-state index < -0.39 is 5.82 Å². The van der Waals surface area contributed by atoms with Gasteiger partial charge in [-0.15, -0.1) is 0 Å². The Balaban J connectivity index is 2.23. The molecule has 120 valence electrons. The van der Waals surface area contributed by atoms with Crippen molar-refractivity contribution < 1.29 is 23.3 Å². The van der Waals surface area contributed by atoms with E-state index in [0.29, 0.717) is 26.4 Å². The number of rotatable bonds is 10. The van der Waals surface area contributed by atoms with Gasteiger partial charge in [-0.25, -0.2) is 4.39 Å². The molecule has 0 aliphatic heterocycles. The van der Waals surface area contributed by atoms with Crippen LogP contribution in [-0.2, 0) is 14.2 Å². The van der Waals surface area contributed by atoms with Gasteiger partial charge in [0.15, 0.2) is 11.6 Å². The molecule has 0 aliphatic rings. The molecule has 0 aliphatic carbocycles. The van der Waals surface area contributed by atoms with Crippen molar-refractivity contribution in [2.24, 2.45) is 0 Å². The fourth-order valence-electron chi connectivity index (χ4n) is 1.46. The minimum Gasteiger partial charge on any atom is -0.486 e. The Hall–Kier alpha value is -1.28. The van der Waals surface area contributed by atoms with E-state index in [9.17, 15) is 4.39 Å². The number of hydrogen-bond donors (Lipinski definition) is 2. The van der Waals surface area contributed by atoms with Gasteiger partial charge < -0.3 is 30.4 Å². The molecule has 1 aromatic rings. The van der Waals surface area contributed by atoms with Crippen LogP contribution in [0.3, 0.4) is 0 Å². The zero-order valence-electron chi connectivity index (χ0n) is 11.9. The summed E-state index contributed by atoms with van der Waals surface area (Å²) < 4.78 is 34.3. The molecular weight excluding hydrogens is 303 g/mol. The highest BCUT2D eigenvalue weighted by atomic mass is 35.5. The quantitative estimate of drug-likeness (QED) is 0.503. The first-order chi connectivity index (χ1) is 10.1. The van der Waals surface area contributed by atoms with Gasteiger partial charge in [0.25, 0.3) is 0 Å². The predicted octanol–water partition coefficient (Wildman–Crippen LogP) is 1.70. The van der Waals surface area contributed by atoms with Crippen LogP contribution >= 0.6 is 11.6 Å². The van der Waals surface area contributed by atoms with Crippen LogP contribution in [0.5, 0.6) is 5.75 Å². The first-order valence-electron chi connectivity index (χ1n) is 6.38. The molecular formula is C13H20ClFN2O4. The van der Waals surface area contributed by atoms with Crippen molar-refractivity contribution in [1.29, 1.82) is 0 Å². The zero-order chi connectivity index (χ0) is 15.7. The molecule has 0 amide bonds. The number of benzene rings is 1. The maximum atomic E-state index is 13.8. The Kier molecular flexibility index (Phi) is 8.14. The van der Waals surface area contributed by atoms with Crippen LogP contribution in [0.1, 0.15) is 0 Å². The molecule has 4 N–H and O–H groups in total. The van der Waals surface area contributed by atoms with Crippen molar-refractivity contribution in [3.05, 3.63) is 16.9 Å². The molecule has 1 rings (SSSR count). The minimum absolute atomic E-state index is 0.0727. The summed E-state index contributed by atoms with van der Waals surface area (Å²) in [4.78, 5) is 0. The van der Waals surface area contributed by atoms with Gasteiger partial charge >= 0.3 is 0 Å². The predicted molar refractivity (Wildman–Crippen MR) is 79.2 cm³/mol. The lowest BCUT2D eigenvalue weighted by Gasteiger charge is -2.12. The number of hydrogen-bond acceptors (Lipinski definition) is 6. The Morgan fingerprint density at radius 3 is 2.19 bits per heavy atom. The van der Waals surface area contributed by atoms with E-state index in [-0.39, 0.29) is 35.4 Å². The lowest BCUT2D eigenvalue weighted by molar-refractivity contribution is 0.0178. The number of ether oxygens (including phenoxy) is 4. The van der Waals surface area contributed by atoms with Crippen molar-refractivity contribution in [1.82, 2.24) is 0 Å². The molecule has 0 saturated heterocycles. The molecule has 8 heteroatoms.